The van der Waals surface area contributed by atoms with E-state index in [0.29, 0.717) is 11.6 Å². The summed E-state index contributed by atoms with van der Waals surface area (Å²) in [6.45, 7) is 0. The third-order valence-corrected chi connectivity index (χ3v) is 12.4. The number of pyridine rings is 2. The van der Waals surface area contributed by atoms with Crippen molar-refractivity contribution >= 4 is 21.8 Å². The molecular formula is C62H40N6. The molecule has 0 aliphatic carbocycles. The number of hydrogen-bond donors (Lipinski definition) is 0. The van der Waals surface area contributed by atoms with Crippen molar-refractivity contribution in [2.75, 3.05) is 0 Å². The van der Waals surface area contributed by atoms with Gasteiger partial charge in [-0.15, -0.1) is 0 Å². The predicted molar refractivity (Wildman–Crippen MR) is 277 cm³/mol. The van der Waals surface area contributed by atoms with Gasteiger partial charge in [0.15, 0.2) is 11.6 Å². The molecule has 8 aromatic carbocycles. The predicted octanol–water partition coefficient (Wildman–Crippen LogP) is 15.4. The molecule has 0 fully saturated rings. The Morgan fingerprint density at radius 1 is 0.206 bits per heavy atom. The van der Waals surface area contributed by atoms with Crippen LogP contribution >= 0.6 is 0 Å². The smallest absolute Gasteiger partial charge is 0.160 e. The highest BCUT2D eigenvalue weighted by Crippen LogP contribution is 2.34. The molecule has 0 aliphatic heterocycles. The third-order valence-electron chi connectivity index (χ3n) is 12.4. The van der Waals surface area contributed by atoms with Crippen molar-refractivity contribution < 1.29 is 0 Å². The Hall–Kier alpha value is -9.26. The third kappa shape index (κ3) is 8.19. The molecule has 0 aliphatic rings. The summed E-state index contributed by atoms with van der Waals surface area (Å²) in [6, 6.07) is 79.6. The zero-order chi connectivity index (χ0) is 45.2. The Kier molecular flexibility index (Phi) is 10.4. The molecule has 0 bridgehead atoms. The van der Waals surface area contributed by atoms with Gasteiger partial charge in [0.1, 0.15) is 0 Å². The number of fused-ring (bicyclic) bond motifs is 2. The Morgan fingerprint density at radius 2 is 0.485 bits per heavy atom. The summed E-state index contributed by atoms with van der Waals surface area (Å²) in [4.78, 5) is 30.1. The van der Waals surface area contributed by atoms with Gasteiger partial charge >= 0.3 is 0 Å². The normalized spacial score (nSPS) is 11.2. The summed E-state index contributed by atoms with van der Waals surface area (Å²) in [7, 11) is 0. The quantitative estimate of drug-likeness (QED) is 0.144. The topological polar surface area (TPSA) is 77.3 Å². The van der Waals surface area contributed by atoms with Crippen LogP contribution in [0.4, 0.5) is 0 Å². The van der Waals surface area contributed by atoms with Crippen LogP contribution < -0.4 is 0 Å². The first-order valence-corrected chi connectivity index (χ1v) is 22.7. The molecule has 0 saturated carbocycles. The van der Waals surface area contributed by atoms with Crippen LogP contribution in [0.1, 0.15) is 0 Å². The molecule has 0 amide bonds. The van der Waals surface area contributed by atoms with Crippen LogP contribution in [0.15, 0.2) is 243 Å². The summed E-state index contributed by atoms with van der Waals surface area (Å²) in [5.74, 6) is 1.28. The second kappa shape index (κ2) is 17.6. The van der Waals surface area contributed by atoms with E-state index in [9.17, 15) is 0 Å². The van der Waals surface area contributed by atoms with E-state index in [0.717, 1.165) is 100 Å². The first kappa shape index (κ1) is 40.3. The molecule has 68 heavy (non-hydrogen) atoms. The number of aromatic nitrogens is 6. The van der Waals surface area contributed by atoms with Crippen LogP contribution in [-0.4, -0.2) is 29.9 Å². The lowest BCUT2D eigenvalue weighted by atomic mass is 10.0. The Labute approximate surface area is 394 Å². The van der Waals surface area contributed by atoms with E-state index >= 15 is 0 Å². The molecule has 0 saturated heterocycles. The second-order valence-electron chi connectivity index (χ2n) is 16.8. The fourth-order valence-electron chi connectivity index (χ4n) is 8.72. The molecule has 0 N–H and O–H groups in total. The summed E-state index contributed by atoms with van der Waals surface area (Å²) >= 11 is 0. The van der Waals surface area contributed by atoms with Gasteiger partial charge in [0.25, 0.3) is 0 Å². The van der Waals surface area contributed by atoms with Crippen molar-refractivity contribution in [2.24, 2.45) is 0 Å². The molecule has 12 rings (SSSR count). The van der Waals surface area contributed by atoms with Crippen molar-refractivity contribution in [1.82, 2.24) is 29.9 Å². The first-order valence-electron chi connectivity index (χ1n) is 22.7. The maximum atomic E-state index is 5.15. The minimum Gasteiger partial charge on any atom is -0.256 e. The molecule has 0 atom stereocenters. The van der Waals surface area contributed by atoms with E-state index in [2.05, 4.69) is 182 Å². The Balaban J connectivity index is 0.871. The van der Waals surface area contributed by atoms with Crippen molar-refractivity contribution in [3.63, 3.8) is 0 Å². The minimum absolute atomic E-state index is 0.642. The summed E-state index contributed by atoms with van der Waals surface area (Å²) in [5, 5.41) is 2.12. The van der Waals surface area contributed by atoms with Crippen LogP contribution in [0.3, 0.4) is 0 Å². The van der Waals surface area contributed by atoms with Crippen LogP contribution in [0.25, 0.3) is 123 Å². The average molecular weight is 869 g/mol. The summed E-state index contributed by atoms with van der Waals surface area (Å²) in [5.41, 5.74) is 17.7. The zero-order valence-electron chi connectivity index (χ0n) is 36.8. The number of rotatable bonds is 9. The highest BCUT2D eigenvalue weighted by molar-refractivity contribution is 5.86. The summed E-state index contributed by atoms with van der Waals surface area (Å²) in [6.07, 6.45) is 3.80. The number of hydrogen-bond acceptors (Lipinski definition) is 6. The Bertz CT molecular complexity index is 3490. The van der Waals surface area contributed by atoms with Gasteiger partial charge in [0, 0.05) is 56.5 Å². The maximum absolute atomic E-state index is 5.15. The second-order valence-corrected chi connectivity index (χ2v) is 16.8. The standard InChI is InChI=1S/C62H40N6/c1-3-11-41(12-4-1)43-19-27-47(28-20-43)57-37-59(53-35-51-15-7-9-17-55(51)63-39-53)67-61(65-57)49-31-23-45(24-32-49)46-25-33-50(34-26-46)62-66-58(48-29-21-44(22-30-48)42-13-5-2-6-14-42)38-60(68-62)54-36-52-16-8-10-18-56(52)64-40-54/h1-40H. The largest absolute Gasteiger partial charge is 0.256 e. The summed E-state index contributed by atoms with van der Waals surface area (Å²) < 4.78 is 0. The van der Waals surface area contributed by atoms with Crippen LogP contribution in [0.2, 0.25) is 0 Å². The Morgan fingerprint density at radius 3 is 0.853 bits per heavy atom. The van der Waals surface area contributed by atoms with E-state index in [4.69, 9.17) is 29.9 Å². The molecule has 6 nitrogen and oxygen atoms in total. The zero-order valence-corrected chi connectivity index (χ0v) is 36.8. The van der Waals surface area contributed by atoms with E-state index in [1.807, 2.05) is 60.9 Å². The molecular weight excluding hydrogens is 829 g/mol. The molecule has 0 radical (unpaired) electrons. The van der Waals surface area contributed by atoms with Gasteiger partial charge in [0.05, 0.1) is 33.8 Å². The number of para-hydroxylation sites is 2. The highest BCUT2D eigenvalue weighted by Gasteiger charge is 2.15. The van der Waals surface area contributed by atoms with E-state index in [1.54, 1.807) is 0 Å². The fraction of sp³-hybridized carbons (Fsp3) is 0. The van der Waals surface area contributed by atoms with Gasteiger partial charge in [-0.2, -0.15) is 0 Å². The van der Waals surface area contributed by atoms with Crippen molar-refractivity contribution in [3.8, 4) is 101 Å². The highest BCUT2D eigenvalue weighted by atomic mass is 14.9. The van der Waals surface area contributed by atoms with Gasteiger partial charge < -0.3 is 0 Å². The molecule has 0 spiro atoms. The van der Waals surface area contributed by atoms with Gasteiger partial charge in [-0.05, 0) is 69.8 Å². The van der Waals surface area contributed by atoms with E-state index in [1.165, 1.54) is 11.1 Å². The minimum atomic E-state index is 0.642. The van der Waals surface area contributed by atoms with Gasteiger partial charge in [-0.3, -0.25) is 9.97 Å². The maximum Gasteiger partial charge on any atom is 0.160 e. The molecule has 0 unspecified atom stereocenters. The molecule has 12 aromatic rings. The van der Waals surface area contributed by atoms with E-state index in [-0.39, 0.29) is 0 Å². The molecule has 4 heterocycles. The van der Waals surface area contributed by atoms with Crippen LogP contribution in [0, 0.1) is 0 Å². The molecule has 4 aromatic heterocycles. The monoisotopic (exact) mass is 868 g/mol. The van der Waals surface area contributed by atoms with Crippen molar-refractivity contribution in [2.45, 2.75) is 0 Å². The lowest BCUT2D eigenvalue weighted by molar-refractivity contribution is 1.18. The van der Waals surface area contributed by atoms with Crippen molar-refractivity contribution in [1.29, 1.82) is 0 Å². The van der Waals surface area contributed by atoms with Gasteiger partial charge in [-0.1, -0.05) is 194 Å². The van der Waals surface area contributed by atoms with Gasteiger partial charge in [-0.25, -0.2) is 19.9 Å². The SMILES string of the molecule is c1ccc(-c2ccc(-c3cc(-c4cnc5ccccc5c4)nc(-c4ccc(-c5ccc(-c6nc(-c7ccc(-c8ccccc8)cc7)cc(-c7cnc8ccccc8c7)n6)cc5)cc4)n3)cc2)cc1. The van der Waals surface area contributed by atoms with Gasteiger partial charge in [0.2, 0.25) is 0 Å². The molecule has 6 heteroatoms. The van der Waals surface area contributed by atoms with E-state index < -0.39 is 0 Å². The number of benzene rings is 8. The average Bonchev–Trinajstić information content (AvgIpc) is 3.43. The fourth-order valence-corrected chi connectivity index (χ4v) is 8.72. The number of nitrogens with zero attached hydrogens (tertiary/aromatic N) is 6. The van der Waals surface area contributed by atoms with Crippen molar-refractivity contribution in [3.05, 3.63) is 243 Å². The lowest BCUT2D eigenvalue weighted by Crippen LogP contribution is -1.97. The molecule has 318 valence electrons. The van der Waals surface area contributed by atoms with Crippen LogP contribution in [-0.2, 0) is 0 Å². The first-order chi connectivity index (χ1) is 33.6. The lowest BCUT2D eigenvalue weighted by Gasteiger charge is -2.12. The van der Waals surface area contributed by atoms with Crippen LogP contribution in [0.5, 0.6) is 0 Å².